The van der Waals surface area contributed by atoms with E-state index in [0.717, 1.165) is 39.0 Å². The molecule has 0 aliphatic carbocycles. The van der Waals surface area contributed by atoms with Crippen molar-refractivity contribution in [3.8, 4) is 0 Å². The number of nitrogens with zero attached hydrogens (tertiary/aromatic N) is 1. The third-order valence-corrected chi connectivity index (χ3v) is 3.58. The third kappa shape index (κ3) is 5.74. The molecule has 0 aromatic rings. The van der Waals surface area contributed by atoms with E-state index in [1.165, 1.54) is 25.9 Å². The molecule has 108 valence electrons. The molecule has 1 amide bonds. The summed E-state index contributed by atoms with van der Waals surface area (Å²) in [5, 5.41) is 6.26. The predicted molar refractivity (Wildman–Crippen MR) is 78.8 cm³/mol. The lowest BCUT2D eigenvalue weighted by Crippen LogP contribution is -2.34. The predicted octanol–water partition coefficient (Wildman–Crippen LogP) is 1.04. The van der Waals surface area contributed by atoms with Gasteiger partial charge in [-0.05, 0) is 51.9 Å². The fraction of sp³-hybridized carbons (Fsp3) is 0.917. The fourth-order valence-corrected chi connectivity index (χ4v) is 2.54. The molecule has 2 N–H and O–H groups in total. The highest BCUT2D eigenvalue weighted by molar-refractivity contribution is 5.85. The van der Waals surface area contributed by atoms with Gasteiger partial charge in [-0.1, -0.05) is 0 Å². The third-order valence-electron chi connectivity index (χ3n) is 3.58. The van der Waals surface area contributed by atoms with Gasteiger partial charge in [0.15, 0.2) is 0 Å². The lowest BCUT2D eigenvalue weighted by atomic mass is 10.1. The van der Waals surface area contributed by atoms with Crippen molar-refractivity contribution in [1.82, 2.24) is 15.5 Å². The molecule has 0 saturated carbocycles. The minimum Gasteiger partial charge on any atom is -0.356 e. The Morgan fingerprint density at radius 3 is 2.61 bits per heavy atom. The van der Waals surface area contributed by atoms with Gasteiger partial charge in [0.05, 0.1) is 5.92 Å². The molecule has 2 heterocycles. The number of likely N-dealkylation sites (tertiary alicyclic amines) is 1. The lowest BCUT2D eigenvalue weighted by molar-refractivity contribution is -0.124. The van der Waals surface area contributed by atoms with Gasteiger partial charge in [0.1, 0.15) is 0 Å². The summed E-state index contributed by atoms with van der Waals surface area (Å²) in [7, 11) is 0. The molecule has 2 aliphatic rings. The van der Waals surface area contributed by atoms with Crippen molar-refractivity contribution in [2.45, 2.75) is 25.7 Å². The van der Waals surface area contributed by atoms with E-state index in [1.807, 2.05) is 0 Å². The second kappa shape index (κ2) is 9.84. The molecule has 4 nitrogen and oxygen atoms in total. The summed E-state index contributed by atoms with van der Waals surface area (Å²) in [5.74, 6) is 0.457. The number of hydrogen-bond acceptors (Lipinski definition) is 3. The van der Waals surface area contributed by atoms with Crippen molar-refractivity contribution >= 4 is 30.7 Å². The van der Waals surface area contributed by atoms with Crippen molar-refractivity contribution in [3.05, 3.63) is 0 Å². The molecule has 0 bridgehead atoms. The summed E-state index contributed by atoms with van der Waals surface area (Å²) in [5.41, 5.74) is 0. The molecule has 0 radical (unpaired) electrons. The van der Waals surface area contributed by atoms with E-state index < -0.39 is 0 Å². The monoisotopic (exact) mass is 297 g/mol. The van der Waals surface area contributed by atoms with E-state index in [1.54, 1.807) is 0 Å². The smallest absolute Gasteiger partial charge is 0.224 e. The molecule has 2 rings (SSSR count). The van der Waals surface area contributed by atoms with Gasteiger partial charge in [-0.15, -0.1) is 24.8 Å². The second-order valence-electron chi connectivity index (χ2n) is 4.88. The normalized spacial score (nSPS) is 23.2. The summed E-state index contributed by atoms with van der Waals surface area (Å²) in [4.78, 5) is 14.2. The number of halogens is 2. The van der Waals surface area contributed by atoms with Crippen LogP contribution in [0.3, 0.4) is 0 Å². The summed E-state index contributed by atoms with van der Waals surface area (Å²) in [6.45, 7) is 6.33. The number of rotatable bonds is 5. The average Bonchev–Trinajstić information content (AvgIpc) is 2.96. The van der Waals surface area contributed by atoms with Crippen molar-refractivity contribution in [1.29, 1.82) is 0 Å². The molecule has 0 aromatic heterocycles. The van der Waals surface area contributed by atoms with Crippen molar-refractivity contribution in [2.24, 2.45) is 5.92 Å². The van der Waals surface area contributed by atoms with E-state index in [2.05, 4.69) is 15.5 Å². The highest BCUT2D eigenvalue weighted by Gasteiger charge is 2.21. The SMILES string of the molecule is Cl.Cl.O=C(NCCCN1CCCC1)C1CCNC1. The molecule has 2 fully saturated rings. The van der Waals surface area contributed by atoms with Crippen LogP contribution < -0.4 is 10.6 Å². The van der Waals surface area contributed by atoms with Crippen LogP contribution in [-0.2, 0) is 4.79 Å². The number of amides is 1. The quantitative estimate of drug-likeness (QED) is 0.746. The standard InChI is InChI=1S/C12H23N3O.2ClH/c16-12(11-4-6-13-10-11)14-5-3-9-15-7-1-2-8-15;;/h11,13H,1-10H2,(H,14,16);2*1H. The number of carbonyl (C=O) groups is 1. The van der Waals surface area contributed by atoms with Crippen LogP contribution in [-0.4, -0.2) is 50.1 Å². The van der Waals surface area contributed by atoms with Gasteiger partial charge >= 0.3 is 0 Å². The Morgan fingerprint density at radius 2 is 2.00 bits per heavy atom. The van der Waals surface area contributed by atoms with Crippen molar-refractivity contribution in [3.63, 3.8) is 0 Å². The lowest BCUT2D eigenvalue weighted by Gasteiger charge is -2.15. The Bertz CT molecular complexity index is 229. The molecule has 1 unspecified atom stereocenters. The Morgan fingerprint density at radius 1 is 1.28 bits per heavy atom. The van der Waals surface area contributed by atoms with Gasteiger partial charge in [0, 0.05) is 13.1 Å². The molecule has 2 saturated heterocycles. The maximum absolute atomic E-state index is 11.7. The van der Waals surface area contributed by atoms with E-state index >= 15 is 0 Å². The molecule has 0 aromatic carbocycles. The van der Waals surface area contributed by atoms with E-state index in [0.29, 0.717) is 0 Å². The first-order chi connectivity index (χ1) is 7.86. The molecular weight excluding hydrogens is 273 g/mol. The van der Waals surface area contributed by atoms with Crippen molar-refractivity contribution in [2.75, 3.05) is 39.3 Å². The zero-order valence-corrected chi connectivity index (χ0v) is 12.5. The Kier molecular flexibility index (Phi) is 9.83. The van der Waals surface area contributed by atoms with E-state index in [-0.39, 0.29) is 36.6 Å². The first-order valence-electron chi connectivity index (χ1n) is 6.57. The van der Waals surface area contributed by atoms with Crippen LogP contribution in [0.15, 0.2) is 0 Å². The van der Waals surface area contributed by atoms with Crippen LogP contribution in [0.1, 0.15) is 25.7 Å². The van der Waals surface area contributed by atoms with Gasteiger partial charge in [-0.3, -0.25) is 4.79 Å². The minimum atomic E-state index is 0. The highest BCUT2D eigenvalue weighted by Crippen LogP contribution is 2.08. The zero-order chi connectivity index (χ0) is 11.2. The molecular formula is C12H25Cl2N3O. The number of nitrogens with one attached hydrogen (secondary N) is 2. The zero-order valence-electron chi connectivity index (χ0n) is 10.8. The Balaban J connectivity index is 0.00000144. The minimum absolute atomic E-state index is 0. The molecule has 0 spiro atoms. The molecule has 2 aliphatic heterocycles. The van der Waals surface area contributed by atoms with Crippen molar-refractivity contribution < 1.29 is 4.79 Å². The van der Waals surface area contributed by atoms with E-state index in [4.69, 9.17) is 0 Å². The maximum atomic E-state index is 11.7. The summed E-state index contributed by atoms with van der Waals surface area (Å²) in [6, 6.07) is 0. The molecule has 1 atom stereocenters. The van der Waals surface area contributed by atoms with Crippen LogP contribution in [0.25, 0.3) is 0 Å². The largest absolute Gasteiger partial charge is 0.356 e. The Hall–Kier alpha value is -0.0300. The highest BCUT2D eigenvalue weighted by atomic mass is 35.5. The number of carbonyl (C=O) groups excluding carboxylic acids is 1. The van der Waals surface area contributed by atoms with Gasteiger partial charge in [-0.25, -0.2) is 0 Å². The van der Waals surface area contributed by atoms with Crippen LogP contribution >= 0.6 is 24.8 Å². The fourth-order valence-electron chi connectivity index (χ4n) is 2.54. The van der Waals surface area contributed by atoms with E-state index in [9.17, 15) is 4.79 Å². The van der Waals surface area contributed by atoms with Gasteiger partial charge in [-0.2, -0.15) is 0 Å². The summed E-state index contributed by atoms with van der Waals surface area (Å²) >= 11 is 0. The Labute approximate surface area is 122 Å². The second-order valence-corrected chi connectivity index (χ2v) is 4.88. The van der Waals surface area contributed by atoms with Gasteiger partial charge in [0.2, 0.25) is 5.91 Å². The summed E-state index contributed by atoms with van der Waals surface area (Å²) in [6.07, 6.45) is 4.78. The topological polar surface area (TPSA) is 44.4 Å². The first kappa shape index (κ1) is 18.0. The van der Waals surface area contributed by atoms with Crippen LogP contribution in [0.4, 0.5) is 0 Å². The summed E-state index contributed by atoms with van der Waals surface area (Å²) < 4.78 is 0. The molecule has 6 heteroatoms. The number of hydrogen-bond donors (Lipinski definition) is 2. The van der Waals surface area contributed by atoms with Crippen LogP contribution in [0, 0.1) is 5.92 Å². The first-order valence-corrected chi connectivity index (χ1v) is 6.57. The van der Waals surface area contributed by atoms with Crippen LogP contribution in [0.2, 0.25) is 0 Å². The van der Waals surface area contributed by atoms with Gasteiger partial charge < -0.3 is 15.5 Å². The average molecular weight is 298 g/mol. The van der Waals surface area contributed by atoms with Gasteiger partial charge in [0.25, 0.3) is 0 Å². The molecule has 18 heavy (non-hydrogen) atoms. The van der Waals surface area contributed by atoms with Crippen LogP contribution in [0.5, 0.6) is 0 Å². The maximum Gasteiger partial charge on any atom is 0.224 e.